The number of nitrogens with one attached hydrogen (secondary N) is 1. The molecule has 1 aromatic carbocycles. The van der Waals surface area contributed by atoms with Crippen molar-refractivity contribution in [3.8, 4) is 5.88 Å². The highest BCUT2D eigenvalue weighted by Crippen LogP contribution is 2.28. The molecule has 96 valence electrons. The monoisotopic (exact) mass is 273 g/mol. The van der Waals surface area contributed by atoms with E-state index in [2.05, 4.69) is 15.0 Å². The van der Waals surface area contributed by atoms with Gasteiger partial charge in [0.05, 0.1) is 12.6 Å². The molecule has 0 fully saturated rings. The summed E-state index contributed by atoms with van der Waals surface area (Å²) >= 11 is 6.42. The highest BCUT2D eigenvalue weighted by molar-refractivity contribution is 6.22. The number of H-pyrrole nitrogens is 1. The van der Waals surface area contributed by atoms with Crippen molar-refractivity contribution in [1.82, 2.24) is 15.0 Å². The maximum atomic E-state index is 6.42. The second-order valence-electron chi connectivity index (χ2n) is 4.12. The number of nitrogens with zero attached hydrogens (tertiary/aromatic N) is 2. The average Bonchev–Trinajstić information content (AvgIpc) is 2.90. The van der Waals surface area contributed by atoms with Crippen molar-refractivity contribution >= 4 is 22.8 Å². The standard InChI is InChI=1S/C14H12ClN3O/c1-19-11-8-7-10-13(17-11)18-14(16-10)12(15)9-5-3-2-4-6-9/h2-8,12H,1H3,(H,16,17,18). The first-order chi connectivity index (χ1) is 9.28. The maximum absolute atomic E-state index is 6.42. The Bertz CT molecular complexity index is 696. The zero-order chi connectivity index (χ0) is 13.2. The summed E-state index contributed by atoms with van der Waals surface area (Å²) in [5, 5.41) is -0.318. The second kappa shape index (κ2) is 4.90. The third-order valence-corrected chi connectivity index (χ3v) is 3.34. The molecule has 0 saturated heterocycles. The normalized spacial score (nSPS) is 12.5. The number of aromatic amines is 1. The van der Waals surface area contributed by atoms with Crippen LogP contribution in [0.5, 0.6) is 5.88 Å². The summed E-state index contributed by atoms with van der Waals surface area (Å²) in [7, 11) is 1.58. The van der Waals surface area contributed by atoms with E-state index in [1.807, 2.05) is 36.4 Å². The summed E-state index contributed by atoms with van der Waals surface area (Å²) in [6.07, 6.45) is 0. The fourth-order valence-corrected chi connectivity index (χ4v) is 2.16. The molecule has 0 aliphatic carbocycles. The predicted octanol–water partition coefficient (Wildman–Crippen LogP) is 3.29. The first-order valence-corrected chi connectivity index (χ1v) is 6.31. The lowest BCUT2D eigenvalue weighted by Gasteiger charge is -2.05. The molecular formula is C14H12ClN3O. The molecule has 5 heteroatoms. The van der Waals surface area contributed by atoms with Crippen molar-refractivity contribution in [1.29, 1.82) is 0 Å². The number of pyridine rings is 1. The minimum atomic E-state index is -0.318. The lowest BCUT2D eigenvalue weighted by molar-refractivity contribution is 0.399. The van der Waals surface area contributed by atoms with Crippen molar-refractivity contribution < 1.29 is 4.74 Å². The summed E-state index contributed by atoms with van der Waals surface area (Å²) in [4.78, 5) is 11.9. The van der Waals surface area contributed by atoms with Crippen LogP contribution in [0.3, 0.4) is 0 Å². The number of fused-ring (bicyclic) bond motifs is 1. The van der Waals surface area contributed by atoms with E-state index in [-0.39, 0.29) is 5.38 Å². The van der Waals surface area contributed by atoms with Gasteiger partial charge in [-0.3, -0.25) is 0 Å². The number of methoxy groups -OCH3 is 1. The van der Waals surface area contributed by atoms with Crippen molar-refractivity contribution in [3.05, 3.63) is 53.9 Å². The number of alkyl halides is 1. The van der Waals surface area contributed by atoms with Gasteiger partial charge in [-0.25, -0.2) is 4.98 Å². The lowest BCUT2D eigenvalue weighted by atomic mass is 10.1. The van der Waals surface area contributed by atoms with Crippen LogP contribution in [-0.4, -0.2) is 22.1 Å². The van der Waals surface area contributed by atoms with Gasteiger partial charge in [-0.1, -0.05) is 30.3 Å². The van der Waals surface area contributed by atoms with E-state index in [0.717, 1.165) is 11.1 Å². The molecule has 4 nitrogen and oxygen atoms in total. The Morgan fingerprint density at radius 3 is 2.63 bits per heavy atom. The Kier molecular flexibility index (Phi) is 3.09. The van der Waals surface area contributed by atoms with E-state index in [0.29, 0.717) is 17.4 Å². The molecule has 1 unspecified atom stereocenters. The van der Waals surface area contributed by atoms with Crippen LogP contribution < -0.4 is 4.74 Å². The number of halogens is 1. The molecule has 19 heavy (non-hydrogen) atoms. The largest absolute Gasteiger partial charge is 0.481 e. The number of ether oxygens (including phenoxy) is 1. The summed E-state index contributed by atoms with van der Waals surface area (Å²) < 4.78 is 5.08. The van der Waals surface area contributed by atoms with Gasteiger partial charge in [0.25, 0.3) is 0 Å². The van der Waals surface area contributed by atoms with E-state index in [1.165, 1.54) is 0 Å². The van der Waals surface area contributed by atoms with Gasteiger partial charge in [-0.05, 0) is 11.6 Å². The van der Waals surface area contributed by atoms with Crippen molar-refractivity contribution in [3.63, 3.8) is 0 Å². The van der Waals surface area contributed by atoms with Crippen LogP contribution in [0.25, 0.3) is 11.2 Å². The Labute approximate surface area is 115 Å². The zero-order valence-electron chi connectivity index (χ0n) is 10.3. The molecule has 1 atom stereocenters. The Morgan fingerprint density at radius 1 is 1.11 bits per heavy atom. The van der Waals surface area contributed by atoms with Crippen LogP contribution in [0.1, 0.15) is 16.8 Å². The summed E-state index contributed by atoms with van der Waals surface area (Å²) in [6.45, 7) is 0. The number of hydrogen-bond acceptors (Lipinski definition) is 3. The summed E-state index contributed by atoms with van der Waals surface area (Å²) in [5.74, 6) is 1.22. The summed E-state index contributed by atoms with van der Waals surface area (Å²) in [5.41, 5.74) is 2.45. The fourth-order valence-electron chi connectivity index (χ4n) is 1.91. The molecule has 0 amide bonds. The smallest absolute Gasteiger partial charge is 0.215 e. The fraction of sp³-hybridized carbons (Fsp3) is 0.143. The predicted molar refractivity (Wildman–Crippen MR) is 74.6 cm³/mol. The number of imidazole rings is 1. The quantitative estimate of drug-likeness (QED) is 0.745. The average molecular weight is 274 g/mol. The number of hydrogen-bond donors (Lipinski definition) is 1. The summed E-state index contributed by atoms with van der Waals surface area (Å²) in [6, 6.07) is 13.5. The molecule has 3 rings (SSSR count). The molecule has 3 aromatic rings. The number of aromatic nitrogens is 3. The first-order valence-electron chi connectivity index (χ1n) is 5.87. The molecule has 2 aromatic heterocycles. The molecule has 1 N–H and O–H groups in total. The van der Waals surface area contributed by atoms with Crippen molar-refractivity contribution in [2.45, 2.75) is 5.38 Å². The lowest BCUT2D eigenvalue weighted by Crippen LogP contribution is -1.95. The Hall–Kier alpha value is -2.07. The highest BCUT2D eigenvalue weighted by Gasteiger charge is 2.15. The van der Waals surface area contributed by atoms with Crippen LogP contribution in [0.2, 0.25) is 0 Å². The van der Waals surface area contributed by atoms with Gasteiger partial charge in [0, 0.05) is 6.07 Å². The topological polar surface area (TPSA) is 50.8 Å². The SMILES string of the molecule is COc1ccc2[nH]c(C(Cl)c3ccccc3)nc2n1. The Morgan fingerprint density at radius 2 is 1.89 bits per heavy atom. The van der Waals surface area contributed by atoms with Gasteiger partial charge in [-0.2, -0.15) is 4.98 Å². The molecule has 0 saturated carbocycles. The molecule has 0 bridgehead atoms. The molecule has 2 heterocycles. The van der Waals surface area contributed by atoms with Crippen LogP contribution >= 0.6 is 11.6 Å². The maximum Gasteiger partial charge on any atom is 0.215 e. The van der Waals surface area contributed by atoms with E-state index in [9.17, 15) is 0 Å². The minimum Gasteiger partial charge on any atom is -0.481 e. The van der Waals surface area contributed by atoms with Crippen molar-refractivity contribution in [2.24, 2.45) is 0 Å². The van der Waals surface area contributed by atoms with Gasteiger partial charge in [-0.15, -0.1) is 11.6 Å². The van der Waals surface area contributed by atoms with Gasteiger partial charge < -0.3 is 9.72 Å². The van der Waals surface area contributed by atoms with Gasteiger partial charge >= 0.3 is 0 Å². The molecule has 0 radical (unpaired) electrons. The molecule has 0 aliphatic rings. The first kappa shape index (κ1) is 12.0. The third-order valence-electron chi connectivity index (χ3n) is 2.88. The van der Waals surface area contributed by atoms with Gasteiger partial charge in [0.15, 0.2) is 5.65 Å². The van der Waals surface area contributed by atoms with Crippen molar-refractivity contribution in [2.75, 3.05) is 7.11 Å². The van der Waals surface area contributed by atoms with Crippen LogP contribution in [0, 0.1) is 0 Å². The van der Waals surface area contributed by atoms with Gasteiger partial charge in [0.2, 0.25) is 5.88 Å². The van der Waals surface area contributed by atoms with E-state index >= 15 is 0 Å². The second-order valence-corrected chi connectivity index (χ2v) is 4.56. The Balaban J connectivity index is 2.01. The molecule has 0 aliphatic heterocycles. The zero-order valence-corrected chi connectivity index (χ0v) is 11.1. The third kappa shape index (κ3) is 2.27. The van der Waals surface area contributed by atoms with Crippen LogP contribution in [0.4, 0.5) is 0 Å². The molecular weight excluding hydrogens is 262 g/mol. The number of rotatable bonds is 3. The van der Waals surface area contributed by atoms with E-state index in [4.69, 9.17) is 16.3 Å². The van der Waals surface area contributed by atoms with Crippen LogP contribution in [0.15, 0.2) is 42.5 Å². The van der Waals surface area contributed by atoms with E-state index < -0.39 is 0 Å². The van der Waals surface area contributed by atoms with Gasteiger partial charge in [0.1, 0.15) is 11.2 Å². The number of benzene rings is 1. The highest BCUT2D eigenvalue weighted by atomic mass is 35.5. The van der Waals surface area contributed by atoms with Crippen LogP contribution in [-0.2, 0) is 0 Å². The molecule has 0 spiro atoms. The van der Waals surface area contributed by atoms with E-state index in [1.54, 1.807) is 13.2 Å². The minimum absolute atomic E-state index is 0.318.